The number of ketones is 2. The number of carbonyl (C=O) groups excluding carboxylic acids is 2. The van der Waals surface area contributed by atoms with E-state index in [2.05, 4.69) is 18.7 Å². The highest BCUT2D eigenvalue weighted by Gasteiger charge is 2.13. The third kappa shape index (κ3) is 4.60. The Kier molecular flexibility index (Phi) is 6.73. The van der Waals surface area contributed by atoms with Crippen molar-refractivity contribution in [3.63, 3.8) is 0 Å². The zero-order valence-electron chi connectivity index (χ0n) is 15.8. The maximum atomic E-state index is 12.8. The minimum atomic E-state index is -0.0854. The number of methoxy groups -OCH3 is 1. The Bertz CT molecular complexity index is 785. The van der Waals surface area contributed by atoms with E-state index in [1.54, 1.807) is 37.5 Å². The highest BCUT2D eigenvalue weighted by atomic mass is 16.5. The van der Waals surface area contributed by atoms with Crippen molar-refractivity contribution in [2.24, 2.45) is 0 Å². The predicted molar refractivity (Wildman–Crippen MR) is 105 cm³/mol. The number of allylic oxidation sites excluding steroid dienone is 1. The molecule has 0 bridgehead atoms. The maximum Gasteiger partial charge on any atom is 0.187 e. The van der Waals surface area contributed by atoms with Crippen molar-refractivity contribution in [3.05, 3.63) is 71.3 Å². The third-order valence-electron chi connectivity index (χ3n) is 4.33. The molecule has 0 radical (unpaired) electrons. The number of nitrogens with zero attached hydrogens (tertiary/aromatic N) is 1. The van der Waals surface area contributed by atoms with E-state index in [4.69, 9.17) is 4.74 Å². The Labute approximate surface area is 155 Å². The molecule has 0 aromatic heterocycles. The van der Waals surface area contributed by atoms with E-state index in [1.165, 1.54) is 6.92 Å². The third-order valence-corrected chi connectivity index (χ3v) is 4.33. The quantitative estimate of drug-likeness (QED) is 0.520. The fourth-order valence-electron chi connectivity index (χ4n) is 2.76. The van der Waals surface area contributed by atoms with Crippen molar-refractivity contribution in [3.8, 4) is 5.75 Å². The molecule has 0 unspecified atom stereocenters. The lowest BCUT2D eigenvalue weighted by Gasteiger charge is -2.25. The van der Waals surface area contributed by atoms with E-state index in [9.17, 15) is 9.59 Å². The van der Waals surface area contributed by atoms with Crippen LogP contribution in [0.1, 0.15) is 47.1 Å². The van der Waals surface area contributed by atoms with Crippen LogP contribution in [0, 0.1) is 0 Å². The highest BCUT2D eigenvalue weighted by Crippen LogP contribution is 2.23. The van der Waals surface area contributed by atoms with E-state index in [1.807, 2.05) is 24.3 Å². The van der Waals surface area contributed by atoms with Gasteiger partial charge in [0.05, 0.1) is 7.11 Å². The number of Topliss-reactive ketones (excluding diaryl/α,β-unsaturated/α-hetero) is 1. The smallest absolute Gasteiger partial charge is 0.187 e. The molecule has 0 atom stereocenters. The SMILES string of the molecule is CCN(CC)/C(=C\C(=O)c1ccc(C(C)=O)cc1)c1ccc(OC)cc1. The molecule has 4 heteroatoms. The number of hydrogen-bond acceptors (Lipinski definition) is 4. The molecule has 0 N–H and O–H groups in total. The summed E-state index contributed by atoms with van der Waals surface area (Å²) in [6, 6.07) is 14.5. The Balaban J connectivity index is 2.39. The van der Waals surface area contributed by atoms with Gasteiger partial charge < -0.3 is 9.64 Å². The van der Waals surface area contributed by atoms with Crippen LogP contribution in [0.5, 0.6) is 5.75 Å². The van der Waals surface area contributed by atoms with Gasteiger partial charge in [-0.05, 0) is 50.6 Å². The summed E-state index contributed by atoms with van der Waals surface area (Å²) in [5, 5.41) is 0. The molecule has 2 aromatic carbocycles. The molecule has 136 valence electrons. The van der Waals surface area contributed by atoms with E-state index < -0.39 is 0 Å². The molecule has 2 aromatic rings. The van der Waals surface area contributed by atoms with Crippen LogP contribution in [-0.2, 0) is 0 Å². The summed E-state index contributed by atoms with van der Waals surface area (Å²) >= 11 is 0. The van der Waals surface area contributed by atoms with Crippen molar-refractivity contribution in [2.75, 3.05) is 20.2 Å². The number of ether oxygens (including phenoxy) is 1. The summed E-state index contributed by atoms with van der Waals surface area (Å²) in [4.78, 5) is 26.3. The Morgan fingerprint density at radius 2 is 1.38 bits per heavy atom. The van der Waals surface area contributed by atoms with Gasteiger partial charge in [0.2, 0.25) is 0 Å². The van der Waals surface area contributed by atoms with Gasteiger partial charge in [-0.25, -0.2) is 0 Å². The predicted octanol–water partition coefficient (Wildman–Crippen LogP) is 4.46. The monoisotopic (exact) mass is 351 g/mol. The summed E-state index contributed by atoms with van der Waals surface area (Å²) in [5.41, 5.74) is 3.00. The Hall–Kier alpha value is -2.88. The standard InChI is InChI=1S/C22H25NO3/c1-5-23(6-2)21(18-11-13-20(26-4)14-12-18)15-22(25)19-9-7-17(8-10-19)16(3)24/h7-15H,5-6H2,1-4H3/b21-15-. The molecule has 0 saturated carbocycles. The fourth-order valence-corrected chi connectivity index (χ4v) is 2.76. The van der Waals surface area contributed by atoms with E-state index >= 15 is 0 Å². The maximum absolute atomic E-state index is 12.8. The lowest BCUT2D eigenvalue weighted by Crippen LogP contribution is -2.22. The van der Waals surface area contributed by atoms with Crippen LogP contribution < -0.4 is 4.74 Å². The van der Waals surface area contributed by atoms with Gasteiger partial charge in [0.1, 0.15) is 5.75 Å². The van der Waals surface area contributed by atoms with E-state index in [-0.39, 0.29) is 11.6 Å². The zero-order valence-corrected chi connectivity index (χ0v) is 15.8. The second-order valence-electron chi connectivity index (χ2n) is 5.93. The summed E-state index contributed by atoms with van der Waals surface area (Å²) in [7, 11) is 1.63. The Morgan fingerprint density at radius 3 is 1.85 bits per heavy atom. The van der Waals surface area contributed by atoms with Crippen LogP contribution in [0.2, 0.25) is 0 Å². The van der Waals surface area contributed by atoms with Gasteiger partial charge in [-0.2, -0.15) is 0 Å². The summed E-state index contributed by atoms with van der Waals surface area (Å²) in [5.74, 6) is 0.679. The molecule has 0 aliphatic heterocycles. The van der Waals surface area contributed by atoms with Gasteiger partial charge in [-0.3, -0.25) is 9.59 Å². The number of carbonyl (C=O) groups is 2. The van der Waals surface area contributed by atoms with E-state index in [0.29, 0.717) is 11.1 Å². The molecule has 0 spiro atoms. The van der Waals surface area contributed by atoms with Gasteiger partial charge in [0, 0.05) is 36.0 Å². The molecule has 4 nitrogen and oxygen atoms in total. The molecule has 2 rings (SSSR count). The topological polar surface area (TPSA) is 46.6 Å². The van der Waals surface area contributed by atoms with Gasteiger partial charge in [0.15, 0.2) is 11.6 Å². The number of benzene rings is 2. The first-order valence-corrected chi connectivity index (χ1v) is 8.76. The van der Waals surface area contributed by atoms with Crippen LogP contribution in [0.4, 0.5) is 0 Å². The minimum absolute atomic E-state index is 0.0124. The first kappa shape index (κ1) is 19.4. The first-order valence-electron chi connectivity index (χ1n) is 8.76. The summed E-state index contributed by atoms with van der Waals surface area (Å²) < 4.78 is 5.22. The van der Waals surface area contributed by atoms with Crippen LogP contribution in [0.25, 0.3) is 5.70 Å². The summed E-state index contributed by atoms with van der Waals surface area (Å²) in [6.45, 7) is 7.23. The Morgan fingerprint density at radius 1 is 0.885 bits per heavy atom. The van der Waals surface area contributed by atoms with Gasteiger partial charge >= 0.3 is 0 Å². The second kappa shape index (κ2) is 8.99. The van der Waals surface area contributed by atoms with Crippen molar-refractivity contribution < 1.29 is 14.3 Å². The van der Waals surface area contributed by atoms with Crippen LogP contribution in [0.15, 0.2) is 54.6 Å². The normalized spacial score (nSPS) is 11.2. The summed E-state index contributed by atoms with van der Waals surface area (Å²) in [6.07, 6.45) is 1.66. The number of rotatable bonds is 8. The molecular weight excluding hydrogens is 326 g/mol. The molecule has 26 heavy (non-hydrogen) atoms. The molecule has 0 amide bonds. The molecular formula is C22H25NO3. The van der Waals surface area contributed by atoms with Crippen molar-refractivity contribution >= 4 is 17.3 Å². The first-order chi connectivity index (χ1) is 12.5. The van der Waals surface area contributed by atoms with Crippen LogP contribution in [0.3, 0.4) is 0 Å². The second-order valence-corrected chi connectivity index (χ2v) is 5.93. The largest absolute Gasteiger partial charge is 0.497 e. The highest BCUT2D eigenvalue weighted by molar-refractivity contribution is 6.08. The van der Waals surface area contributed by atoms with Crippen molar-refractivity contribution in [1.82, 2.24) is 4.90 Å². The molecule has 0 aliphatic rings. The molecule has 0 aliphatic carbocycles. The van der Waals surface area contributed by atoms with Crippen LogP contribution >= 0.6 is 0 Å². The average molecular weight is 351 g/mol. The van der Waals surface area contributed by atoms with E-state index in [0.717, 1.165) is 30.1 Å². The van der Waals surface area contributed by atoms with Crippen LogP contribution in [-0.4, -0.2) is 36.7 Å². The van der Waals surface area contributed by atoms with Crippen molar-refractivity contribution in [1.29, 1.82) is 0 Å². The molecule has 0 fully saturated rings. The van der Waals surface area contributed by atoms with Gasteiger partial charge in [0.25, 0.3) is 0 Å². The molecule has 0 heterocycles. The van der Waals surface area contributed by atoms with Gasteiger partial charge in [-0.15, -0.1) is 0 Å². The lowest BCUT2D eigenvalue weighted by molar-refractivity contribution is 0.101. The van der Waals surface area contributed by atoms with Gasteiger partial charge in [-0.1, -0.05) is 24.3 Å². The minimum Gasteiger partial charge on any atom is -0.497 e. The van der Waals surface area contributed by atoms with Crippen molar-refractivity contribution in [2.45, 2.75) is 20.8 Å². The zero-order chi connectivity index (χ0) is 19.1. The lowest BCUT2D eigenvalue weighted by atomic mass is 10.0. The fraction of sp³-hybridized carbons (Fsp3) is 0.273. The average Bonchev–Trinajstić information content (AvgIpc) is 2.68. The molecule has 0 saturated heterocycles. The number of hydrogen-bond donors (Lipinski definition) is 0.